The number of hydrogen-bond donors (Lipinski definition) is 0. The molecule has 0 heterocycles. The molecule has 7 heteroatoms. The van der Waals surface area contributed by atoms with Crippen molar-refractivity contribution >= 4 is 37.2 Å². The predicted octanol–water partition coefficient (Wildman–Crippen LogP) is -1.21. The first-order valence-corrected chi connectivity index (χ1v) is 0. The van der Waals surface area contributed by atoms with Gasteiger partial charge in [0.05, 0.1) is 0 Å². The molecular weight excluding hydrogens is 347 g/mol. The van der Waals surface area contributed by atoms with Crippen LogP contribution in [0, 0.1) is 0 Å². The summed E-state index contributed by atoms with van der Waals surface area (Å²) in [6.07, 6.45) is 0. The Morgan fingerprint density at radius 3 is 0.429 bits per heavy atom. The normalized spacial score (nSPS) is 0. The maximum atomic E-state index is 0. The van der Waals surface area contributed by atoms with Gasteiger partial charge >= 0.3 is 0 Å². The van der Waals surface area contributed by atoms with Crippen LogP contribution in [0.2, 0.25) is 0 Å². The first kappa shape index (κ1) is 235. The van der Waals surface area contributed by atoms with Gasteiger partial charge in [0.2, 0.25) is 0 Å². The van der Waals surface area contributed by atoms with E-state index < -0.39 is 0 Å². The Kier molecular flexibility index (Phi) is 5190. The summed E-state index contributed by atoms with van der Waals surface area (Å²) in [6, 6.07) is 0. The molecule has 0 aromatic rings. The molecule has 0 saturated carbocycles. The van der Waals surface area contributed by atoms with E-state index >= 15 is 0 Å². The van der Waals surface area contributed by atoms with Crippen molar-refractivity contribution in [2.45, 2.75) is 0 Å². The van der Waals surface area contributed by atoms with Gasteiger partial charge in [-0.1, -0.05) is 0 Å². The molecule has 0 bridgehead atoms. The maximum Gasteiger partial charge on any atom is 0 e. The second-order valence-corrected chi connectivity index (χ2v) is 0. The summed E-state index contributed by atoms with van der Waals surface area (Å²) < 4.78 is 0. The third-order valence-corrected chi connectivity index (χ3v) is 0. The zero-order valence-corrected chi connectivity index (χ0v) is 7.90. The third-order valence-electron chi connectivity index (χ3n) is 0. The molecule has 0 fully saturated rings. The van der Waals surface area contributed by atoms with E-state index in [1.54, 1.807) is 0 Å². The van der Waals surface area contributed by atoms with Crippen LogP contribution in [0.15, 0.2) is 0 Å². The fourth-order valence-corrected chi connectivity index (χ4v) is 0. The van der Waals surface area contributed by atoms with Crippen molar-refractivity contribution in [2.75, 3.05) is 0 Å². The molecule has 0 aromatic carbocycles. The van der Waals surface area contributed by atoms with Crippen molar-refractivity contribution in [3.63, 3.8) is 0 Å². The van der Waals surface area contributed by atoms with Crippen LogP contribution >= 0.6 is 37.2 Å². The molecule has 0 aliphatic rings. The summed E-state index contributed by atoms with van der Waals surface area (Å²) in [6.45, 7) is 0. The smallest absolute Gasteiger partial charge is 0 e. The van der Waals surface area contributed by atoms with Crippen molar-refractivity contribution < 1.29 is 36.5 Å². The molecule has 0 unspecified atom stereocenters. The third kappa shape index (κ3) is 110. The van der Waals surface area contributed by atoms with Gasteiger partial charge in [-0.25, -0.2) is 0 Å². The number of hydrogen-bond acceptors (Lipinski definition) is 0. The zero-order valence-electron chi connectivity index (χ0n) is 3.06. The fraction of sp³-hybridized carbons (Fsp3) is 0. The largest absolute Gasteiger partial charge is 0.412 e. The number of rotatable bonds is 0. The molecule has 57 valence electrons. The molecule has 0 aromatic heterocycles. The molecule has 3 nitrogen and oxygen atoms in total. The summed E-state index contributed by atoms with van der Waals surface area (Å²) in [4.78, 5) is 0. The zero-order chi connectivity index (χ0) is 0. The molecule has 0 spiro atoms. The van der Waals surface area contributed by atoms with Gasteiger partial charge < -0.3 is 16.4 Å². The summed E-state index contributed by atoms with van der Waals surface area (Å²) in [5.41, 5.74) is 0. The van der Waals surface area contributed by atoms with Gasteiger partial charge in [-0.2, -0.15) is 0 Å². The Morgan fingerprint density at radius 2 is 0.429 bits per heavy atom. The average molecular weight is 356 g/mol. The van der Waals surface area contributed by atoms with E-state index in [9.17, 15) is 0 Å². The van der Waals surface area contributed by atoms with Crippen LogP contribution in [-0.4, -0.2) is 16.4 Å². The van der Waals surface area contributed by atoms with Crippen molar-refractivity contribution in [3.05, 3.63) is 0 Å². The summed E-state index contributed by atoms with van der Waals surface area (Å²) in [5, 5.41) is 0. The first-order chi connectivity index (χ1) is 0. The minimum atomic E-state index is 0. The van der Waals surface area contributed by atoms with E-state index in [-0.39, 0.29) is 73.8 Å². The van der Waals surface area contributed by atoms with E-state index in [4.69, 9.17) is 0 Å². The Bertz CT molecular complexity index is 10.1. The van der Waals surface area contributed by atoms with Gasteiger partial charge in [-0.15, -0.1) is 37.2 Å². The van der Waals surface area contributed by atoms with Gasteiger partial charge in [0.15, 0.2) is 0 Å². The molecule has 0 saturated heterocycles. The first-order valence-electron chi connectivity index (χ1n) is 0. The molecule has 7 heavy (non-hydrogen) atoms. The van der Waals surface area contributed by atoms with Crippen molar-refractivity contribution in [3.8, 4) is 0 Å². The molecular formula is H9Cl3IrO3. The molecule has 0 rings (SSSR count). The topological polar surface area (TPSA) is 94.5 Å². The molecule has 0 atom stereocenters. The molecule has 1 radical (unpaired) electrons. The van der Waals surface area contributed by atoms with Gasteiger partial charge in [0.1, 0.15) is 0 Å². The fourth-order valence-electron chi connectivity index (χ4n) is 0. The monoisotopic (exact) mass is 355 g/mol. The van der Waals surface area contributed by atoms with E-state index in [1.165, 1.54) is 0 Å². The Labute approximate surface area is 73.7 Å². The molecule has 0 amide bonds. The van der Waals surface area contributed by atoms with Crippen LogP contribution in [0.5, 0.6) is 0 Å². The summed E-state index contributed by atoms with van der Waals surface area (Å²) in [5.74, 6) is 0. The quantitative estimate of drug-likeness (QED) is 0.521. The minimum absolute atomic E-state index is 0. The Balaban J connectivity index is 0. The SMILES string of the molecule is Cl.Cl.Cl.O.O.O.[Ir]. The van der Waals surface area contributed by atoms with Crippen molar-refractivity contribution in [2.24, 2.45) is 0 Å². The van der Waals surface area contributed by atoms with Crippen LogP contribution in [-0.2, 0) is 20.1 Å². The van der Waals surface area contributed by atoms with Gasteiger partial charge in [0, 0.05) is 20.1 Å². The van der Waals surface area contributed by atoms with Crippen LogP contribution in [0.3, 0.4) is 0 Å². The number of halogens is 3. The minimum Gasteiger partial charge on any atom is -0.412 e. The Hall–Kier alpha value is 1.40. The van der Waals surface area contributed by atoms with Crippen LogP contribution in [0.1, 0.15) is 0 Å². The van der Waals surface area contributed by atoms with E-state index in [0.29, 0.717) is 0 Å². The van der Waals surface area contributed by atoms with E-state index in [1.807, 2.05) is 0 Å². The summed E-state index contributed by atoms with van der Waals surface area (Å²) in [7, 11) is 0. The van der Waals surface area contributed by atoms with Gasteiger partial charge in [0.25, 0.3) is 0 Å². The molecule has 0 aliphatic heterocycles. The van der Waals surface area contributed by atoms with Crippen molar-refractivity contribution in [1.29, 1.82) is 0 Å². The maximum absolute atomic E-state index is 0. The van der Waals surface area contributed by atoms with E-state index in [2.05, 4.69) is 0 Å². The van der Waals surface area contributed by atoms with Crippen LogP contribution in [0.4, 0.5) is 0 Å². The van der Waals surface area contributed by atoms with Crippen LogP contribution in [0.25, 0.3) is 0 Å². The Morgan fingerprint density at radius 1 is 0.429 bits per heavy atom. The molecule has 6 N–H and O–H groups in total. The predicted molar refractivity (Wildman–Crippen MR) is 32.6 cm³/mol. The second-order valence-electron chi connectivity index (χ2n) is 0. The molecule has 0 aliphatic carbocycles. The van der Waals surface area contributed by atoms with Gasteiger partial charge in [-0.05, 0) is 0 Å². The standard InChI is InChI=1S/3ClH.Ir.3H2O/h3*1H;;3*1H2. The second kappa shape index (κ2) is 155. The van der Waals surface area contributed by atoms with Crippen LogP contribution < -0.4 is 0 Å². The van der Waals surface area contributed by atoms with Crippen molar-refractivity contribution in [1.82, 2.24) is 0 Å². The van der Waals surface area contributed by atoms with Gasteiger partial charge in [-0.3, -0.25) is 0 Å². The summed E-state index contributed by atoms with van der Waals surface area (Å²) >= 11 is 0. The van der Waals surface area contributed by atoms with E-state index in [0.717, 1.165) is 0 Å². The average Bonchev–Trinajstić information content (AvgIpc) is 0.